The Labute approximate surface area is 199 Å². The Morgan fingerprint density at radius 3 is 2.18 bits per heavy atom. The average molecular weight is 450 g/mol. The molecular weight excluding hydrogens is 410 g/mol. The van der Waals surface area contributed by atoms with E-state index in [1.165, 1.54) is 17.7 Å². The van der Waals surface area contributed by atoms with Gasteiger partial charge in [0.1, 0.15) is 5.75 Å². The molecule has 1 unspecified atom stereocenters. The zero-order valence-electron chi connectivity index (χ0n) is 20.8. The summed E-state index contributed by atoms with van der Waals surface area (Å²) >= 11 is 0. The first-order valence-corrected chi connectivity index (χ1v) is 12.3. The number of hydrogen-bond donors (Lipinski definition) is 0. The first-order chi connectivity index (χ1) is 15.8. The second-order valence-corrected chi connectivity index (χ2v) is 10.6. The van der Waals surface area contributed by atoms with Crippen LogP contribution in [-0.4, -0.2) is 62.6 Å². The number of anilines is 1. The quantitative estimate of drug-likeness (QED) is 0.572. The molecule has 2 fully saturated rings. The number of ether oxygens (including phenoxy) is 1. The summed E-state index contributed by atoms with van der Waals surface area (Å²) in [5, 5.41) is 0. The number of hydrogen-bond acceptors (Lipinski definition) is 4. The van der Waals surface area contributed by atoms with Gasteiger partial charge in [-0.1, -0.05) is 38.1 Å². The lowest BCUT2D eigenvalue weighted by Crippen LogP contribution is -2.64. The molecule has 0 aromatic heterocycles. The van der Waals surface area contributed by atoms with E-state index in [0.717, 1.165) is 24.4 Å². The van der Waals surface area contributed by atoms with Crippen molar-refractivity contribution in [1.29, 1.82) is 0 Å². The fourth-order valence-electron chi connectivity index (χ4n) is 5.30. The van der Waals surface area contributed by atoms with Crippen molar-refractivity contribution in [2.75, 3.05) is 45.7 Å². The number of piperidine rings is 2. The van der Waals surface area contributed by atoms with Gasteiger partial charge in [-0.05, 0) is 66.6 Å². The summed E-state index contributed by atoms with van der Waals surface area (Å²) in [7, 11) is 6.30. The Morgan fingerprint density at radius 1 is 1.00 bits per heavy atom. The second-order valence-electron chi connectivity index (χ2n) is 10.6. The van der Waals surface area contributed by atoms with Crippen LogP contribution in [0.2, 0.25) is 0 Å². The van der Waals surface area contributed by atoms with E-state index in [1.54, 1.807) is 0 Å². The second kappa shape index (κ2) is 10.2. The van der Waals surface area contributed by atoms with Gasteiger partial charge in [0.2, 0.25) is 5.91 Å². The predicted octanol–water partition coefficient (Wildman–Crippen LogP) is 4.31. The van der Waals surface area contributed by atoms with Crippen LogP contribution in [0.1, 0.15) is 31.4 Å². The van der Waals surface area contributed by atoms with Crippen molar-refractivity contribution in [2.45, 2.75) is 39.3 Å². The summed E-state index contributed by atoms with van der Waals surface area (Å²) in [6.07, 6.45) is 1.69. The van der Waals surface area contributed by atoms with Crippen LogP contribution in [0.4, 0.5) is 5.69 Å². The van der Waals surface area contributed by atoms with Crippen molar-refractivity contribution < 1.29 is 9.53 Å². The first kappa shape index (κ1) is 23.6. The Balaban J connectivity index is 1.47. The minimum absolute atomic E-state index is 0.229. The molecule has 0 N–H and O–H groups in total. The van der Waals surface area contributed by atoms with E-state index in [4.69, 9.17) is 4.74 Å². The van der Waals surface area contributed by atoms with Crippen LogP contribution in [0.15, 0.2) is 48.5 Å². The van der Waals surface area contributed by atoms with Gasteiger partial charge in [-0.25, -0.2) is 0 Å². The zero-order valence-corrected chi connectivity index (χ0v) is 20.8. The number of benzene rings is 2. The average Bonchev–Trinajstić information content (AvgIpc) is 2.78. The van der Waals surface area contributed by atoms with Crippen molar-refractivity contribution in [2.24, 2.45) is 17.8 Å². The maximum absolute atomic E-state index is 13.6. The van der Waals surface area contributed by atoms with Gasteiger partial charge in [-0.3, -0.25) is 4.79 Å². The molecule has 2 aromatic carbocycles. The van der Waals surface area contributed by atoms with E-state index >= 15 is 0 Å². The number of amides is 1. The molecule has 5 nitrogen and oxygen atoms in total. The molecule has 1 amide bonds. The molecule has 2 aliphatic rings. The Morgan fingerprint density at radius 2 is 1.61 bits per heavy atom. The third kappa shape index (κ3) is 5.70. The van der Waals surface area contributed by atoms with Crippen molar-refractivity contribution in [3.05, 3.63) is 59.7 Å². The third-order valence-corrected chi connectivity index (χ3v) is 7.01. The highest BCUT2D eigenvalue weighted by Crippen LogP contribution is 2.43. The summed E-state index contributed by atoms with van der Waals surface area (Å²) in [5.74, 6) is 2.77. The van der Waals surface area contributed by atoms with Crippen LogP contribution in [-0.2, 0) is 17.8 Å². The van der Waals surface area contributed by atoms with Crippen LogP contribution in [0.5, 0.6) is 5.75 Å². The van der Waals surface area contributed by atoms with E-state index < -0.39 is 0 Å². The zero-order chi connectivity index (χ0) is 23.5. The van der Waals surface area contributed by atoms with Crippen LogP contribution in [0.25, 0.3) is 0 Å². The largest absolute Gasteiger partial charge is 0.493 e. The molecular formula is C28H39N3O2. The van der Waals surface area contributed by atoms with Crippen LogP contribution in [0, 0.1) is 17.8 Å². The fraction of sp³-hybridized carbons (Fsp3) is 0.536. The topological polar surface area (TPSA) is 36.0 Å². The molecule has 4 rings (SSSR count). The molecule has 33 heavy (non-hydrogen) atoms. The summed E-state index contributed by atoms with van der Waals surface area (Å²) < 4.78 is 5.80. The summed E-state index contributed by atoms with van der Waals surface area (Å²) in [5.41, 5.74) is 3.43. The molecule has 0 radical (unpaired) electrons. The van der Waals surface area contributed by atoms with Crippen LogP contribution in [0.3, 0.4) is 0 Å². The summed E-state index contributed by atoms with van der Waals surface area (Å²) in [4.78, 5) is 20.3. The van der Waals surface area contributed by atoms with Crippen LogP contribution < -0.4 is 9.64 Å². The Kier molecular flexibility index (Phi) is 7.28. The van der Waals surface area contributed by atoms with E-state index in [-0.39, 0.29) is 5.91 Å². The van der Waals surface area contributed by atoms with Gasteiger partial charge in [-0.2, -0.15) is 0 Å². The number of fused-ring (bicyclic) bond motifs is 2. The van der Waals surface area contributed by atoms with Gasteiger partial charge in [0.25, 0.3) is 0 Å². The smallest absolute Gasteiger partial charge is 0.227 e. The summed E-state index contributed by atoms with van der Waals surface area (Å²) in [6, 6.07) is 17.0. The molecule has 1 saturated carbocycles. The molecule has 0 spiro atoms. The Hall–Kier alpha value is -2.53. The van der Waals surface area contributed by atoms with Gasteiger partial charge in [0.05, 0.1) is 13.0 Å². The van der Waals surface area contributed by atoms with Gasteiger partial charge in [-0.15, -0.1) is 0 Å². The van der Waals surface area contributed by atoms with Crippen molar-refractivity contribution in [3.8, 4) is 5.75 Å². The molecule has 5 heteroatoms. The third-order valence-electron chi connectivity index (χ3n) is 7.01. The highest BCUT2D eigenvalue weighted by Gasteiger charge is 2.49. The molecule has 1 aliphatic carbocycles. The molecule has 1 saturated heterocycles. The first-order valence-electron chi connectivity index (χ1n) is 12.3. The van der Waals surface area contributed by atoms with Gasteiger partial charge >= 0.3 is 0 Å². The monoisotopic (exact) mass is 449 g/mol. The van der Waals surface area contributed by atoms with Gasteiger partial charge < -0.3 is 19.4 Å². The molecule has 1 aliphatic heterocycles. The maximum Gasteiger partial charge on any atom is 0.227 e. The molecule has 1 heterocycles. The minimum atomic E-state index is 0.229. The summed E-state index contributed by atoms with van der Waals surface area (Å²) in [6.45, 7) is 7.85. The number of nitrogens with zero attached hydrogens (tertiary/aromatic N) is 3. The van der Waals surface area contributed by atoms with Gasteiger partial charge in [0, 0.05) is 45.5 Å². The number of likely N-dealkylation sites (tertiary alicyclic amines) is 1. The van der Waals surface area contributed by atoms with Crippen molar-refractivity contribution >= 4 is 11.6 Å². The van der Waals surface area contributed by atoms with Crippen molar-refractivity contribution in [3.63, 3.8) is 0 Å². The SMILES string of the molecule is CC(C)COc1ccc(CC(=O)N(Cc2ccc(N(C)C)cc2)C2[C@@H]3C[C@H]2CN(C)C3)cc1. The standard InChI is InChI=1S/C28H39N3O2/c1-20(2)19-33-26-12-8-21(9-13-26)14-27(32)31(28-23-15-24(28)18-30(5)17-23)16-22-6-10-25(11-7-22)29(3)4/h6-13,20,23-24,28H,14-19H2,1-5H3/t23-,24+,28?. The normalized spacial score (nSPS) is 22.1. The number of carbonyl (C=O) groups is 1. The predicted molar refractivity (Wildman–Crippen MR) is 135 cm³/mol. The van der Waals surface area contributed by atoms with E-state index in [9.17, 15) is 4.79 Å². The molecule has 178 valence electrons. The van der Waals surface area contributed by atoms with E-state index in [0.29, 0.717) is 43.4 Å². The molecule has 3 atom stereocenters. The highest BCUT2D eigenvalue weighted by molar-refractivity contribution is 5.79. The van der Waals surface area contributed by atoms with Crippen molar-refractivity contribution in [1.82, 2.24) is 9.80 Å². The maximum atomic E-state index is 13.6. The van der Waals surface area contributed by atoms with E-state index in [2.05, 4.69) is 74.0 Å². The highest BCUT2D eigenvalue weighted by atomic mass is 16.5. The molecule has 2 aromatic rings. The number of carbonyl (C=O) groups excluding carboxylic acids is 1. The fourth-order valence-corrected chi connectivity index (χ4v) is 5.30. The number of rotatable bonds is 9. The minimum Gasteiger partial charge on any atom is -0.493 e. The van der Waals surface area contributed by atoms with E-state index in [1.807, 2.05) is 24.3 Å². The lowest BCUT2D eigenvalue weighted by atomic mass is 9.65. The Bertz CT molecular complexity index is 911. The van der Waals surface area contributed by atoms with Gasteiger partial charge in [0.15, 0.2) is 0 Å². The lowest BCUT2D eigenvalue weighted by Gasteiger charge is -2.56. The van der Waals surface area contributed by atoms with Crippen LogP contribution >= 0.6 is 0 Å². The lowest BCUT2D eigenvalue weighted by molar-refractivity contribution is -0.146. The molecule has 2 bridgehead atoms.